The minimum absolute atomic E-state index is 0.0192. The molecule has 2 aliphatic carbocycles. The average molecular weight is 348 g/mol. The van der Waals surface area contributed by atoms with Crippen molar-refractivity contribution in [3.63, 3.8) is 0 Å². The van der Waals surface area contributed by atoms with Crippen molar-refractivity contribution in [1.29, 1.82) is 0 Å². The zero-order chi connectivity index (χ0) is 17.1. The molecule has 0 saturated heterocycles. The summed E-state index contributed by atoms with van der Waals surface area (Å²) in [6, 6.07) is 15.1. The lowest BCUT2D eigenvalue weighted by molar-refractivity contribution is -0.115. The standard InChI is InChI=1S/C21H14ClNO2/c22-14-8-4-3-7-13(14)17-18-15(9-10-16(18)24)23-20-11-5-1-2-6-12(11)21(25)19(17)20/h1-8,17,23H,9-10H2. The van der Waals surface area contributed by atoms with Gasteiger partial charge in [0.15, 0.2) is 11.6 Å². The van der Waals surface area contributed by atoms with E-state index in [4.69, 9.17) is 11.6 Å². The summed E-state index contributed by atoms with van der Waals surface area (Å²) in [6.45, 7) is 0. The second-order valence-corrected chi connectivity index (χ2v) is 6.97. The number of fused-ring (bicyclic) bond motifs is 2. The molecule has 3 nitrogen and oxygen atoms in total. The highest BCUT2D eigenvalue weighted by molar-refractivity contribution is 6.32. The molecule has 5 rings (SSSR count). The lowest BCUT2D eigenvalue weighted by Crippen LogP contribution is -2.25. The van der Waals surface area contributed by atoms with E-state index in [-0.39, 0.29) is 11.6 Å². The first-order valence-electron chi connectivity index (χ1n) is 8.33. The van der Waals surface area contributed by atoms with Gasteiger partial charge in [0.25, 0.3) is 0 Å². The number of hydrogen-bond donors (Lipinski definition) is 1. The van der Waals surface area contributed by atoms with Gasteiger partial charge in [-0.05, 0) is 18.1 Å². The van der Waals surface area contributed by atoms with Gasteiger partial charge in [0.05, 0.1) is 5.70 Å². The summed E-state index contributed by atoms with van der Waals surface area (Å²) >= 11 is 6.46. The maximum atomic E-state index is 13.1. The molecule has 25 heavy (non-hydrogen) atoms. The second kappa shape index (κ2) is 5.17. The van der Waals surface area contributed by atoms with Crippen LogP contribution in [0.15, 0.2) is 65.4 Å². The Hall–Kier alpha value is -2.65. The molecular formula is C21H14ClNO2. The zero-order valence-corrected chi connectivity index (χ0v) is 14.1. The van der Waals surface area contributed by atoms with Crippen LogP contribution in [0.3, 0.4) is 0 Å². The highest BCUT2D eigenvalue weighted by atomic mass is 35.5. The summed E-state index contributed by atoms with van der Waals surface area (Å²) < 4.78 is 0. The van der Waals surface area contributed by atoms with Gasteiger partial charge in [-0.3, -0.25) is 9.59 Å². The van der Waals surface area contributed by atoms with Gasteiger partial charge in [0.2, 0.25) is 0 Å². The third-order valence-corrected chi connectivity index (χ3v) is 5.60. The van der Waals surface area contributed by atoms with Crippen molar-refractivity contribution >= 4 is 28.9 Å². The minimum Gasteiger partial charge on any atom is -0.358 e. The Morgan fingerprint density at radius 1 is 0.880 bits per heavy atom. The second-order valence-electron chi connectivity index (χ2n) is 6.56. The van der Waals surface area contributed by atoms with E-state index in [0.717, 1.165) is 22.5 Å². The smallest absolute Gasteiger partial charge is 0.192 e. The third kappa shape index (κ3) is 1.93. The molecule has 0 aromatic heterocycles. The predicted molar refractivity (Wildman–Crippen MR) is 96.3 cm³/mol. The van der Waals surface area contributed by atoms with Gasteiger partial charge in [0.1, 0.15) is 0 Å². The zero-order valence-electron chi connectivity index (χ0n) is 13.3. The topological polar surface area (TPSA) is 46.2 Å². The highest BCUT2D eigenvalue weighted by Gasteiger charge is 2.45. The number of Topliss-reactive ketones (excluding diaryl/α,β-unsaturated/α-hetero) is 2. The van der Waals surface area contributed by atoms with E-state index in [9.17, 15) is 9.59 Å². The minimum atomic E-state index is -0.394. The van der Waals surface area contributed by atoms with E-state index < -0.39 is 5.92 Å². The fourth-order valence-electron chi connectivity index (χ4n) is 4.17. The van der Waals surface area contributed by atoms with Gasteiger partial charge in [0, 0.05) is 45.3 Å². The van der Waals surface area contributed by atoms with Crippen LogP contribution in [0, 0.1) is 0 Å². The van der Waals surface area contributed by atoms with Crippen LogP contribution in [0.5, 0.6) is 0 Å². The van der Waals surface area contributed by atoms with Crippen molar-refractivity contribution in [2.45, 2.75) is 18.8 Å². The lowest BCUT2D eigenvalue weighted by Gasteiger charge is -2.28. The van der Waals surface area contributed by atoms with Crippen molar-refractivity contribution in [2.75, 3.05) is 0 Å². The maximum absolute atomic E-state index is 13.1. The Kier molecular flexibility index (Phi) is 3.03. The molecule has 0 amide bonds. The molecule has 2 aromatic rings. The molecule has 0 bridgehead atoms. The fraction of sp³-hybridized carbons (Fsp3) is 0.143. The molecule has 1 N–H and O–H groups in total. The van der Waals surface area contributed by atoms with Crippen LogP contribution >= 0.6 is 11.6 Å². The number of hydrogen-bond acceptors (Lipinski definition) is 3. The van der Waals surface area contributed by atoms with Crippen molar-refractivity contribution in [3.05, 3.63) is 87.1 Å². The van der Waals surface area contributed by atoms with Gasteiger partial charge < -0.3 is 5.32 Å². The van der Waals surface area contributed by atoms with E-state index in [1.807, 2.05) is 48.5 Å². The molecule has 1 atom stereocenters. The number of allylic oxidation sites excluding steroid dienone is 3. The molecule has 0 fully saturated rings. The van der Waals surface area contributed by atoms with Crippen LogP contribution in [0.2, 0.25) is 5.02 Å². The van der Waals surface area contributed by atoms with Gasteiger partial charge in [-0.15, -0.1) is 0 Å². The molecule has 1 heterocycles. The first-order chi connectivity index (χ1) is 12.2. The lowest BCUT2D eigenvalue weighted by atomic mass is 9.80. The number of carbonyl (C=O) groups is 2. The van der Waals surface area contributed by atoms with Crippen molar-refractivity contribution < 1.29 is 9.59 Å². The number of rotatable bonds is 1. The van der Waals surface area contributed by atoms with Gasteiger partial charge in [-0.2, -0.15) is 0 Å². The molecule has 1 unspecified atom stereocenters. The van der Waals surface area contributed by atoms with E-state index in [0.29, 0.717) is 34.6 Å². The van der Waals surface area contributed by atoms with Crippen LogP contribution in [-0.4, -0.2) is 11.6 Å². The summed E-state index contributed by atoms with van der Waals surface area (Å²) in [5.41, 5.74) is 5.52. The van der Waals surface area contributed by atoms with Gasteiger partial charge >= 0.3 is 0 Å². The summed E-state index contributed by atoms with van der Waals surface area (Å²) in [4.78, 5) is 25.7. The number of dihydropyridines is 1. The van der Waals surface area contributed by atoms with Crippen LogP contribution in [-0.2, 0) is 4.79 Å². The molecule has 2 aromatic carbocycles. The normalized spacial score (nSPS) is 21.2. The largest absolute Gasteiger partial charge is 0.358 e. The number of nitrogens with one attached hydrogen (secondary N) is 1. The summed E-state index contributed by atoms with van der Waals surface area (Å²) in [6.07, 6.45) is 1.16. The molecule has 0 saturated carbocycles. The number of ketones is 2. The monoisotopic (exact) mass is 347 g/mol. The summed E-state index contributed by atoms with van der Waals surface area (Å²) in [5.74, 6) is -0.313. The molecule has 1 aliphatic heterocycles. The van der Waals surface area contributed by atoms with E-state index in [2.05, 4.69) is 5.32 Å². The van der Waals surface area contributed by atoms with Gasteiger partial charge in [-0.25, -0.2) is 0 Å². The molecule has 0 spiro atoms. The molecule has 3 aliphatic rings. The van der Waals surface area contributed by atoms with E-state index in [1.165, 1.54) is 0 Å². The molecule has 0 radical (unpaired) electrons. The third-order valence-electron chi connectivity index (χ3n) is 5.25. The van der Waals surface area contributed by atoms with Crippen molar-refractivity contribution in [3.8, 4) is 0 Å². The molecule has 4 heteroatoms. The quantitative estimate of drug-likeness (QED) is 0.838. The Balaban J connectivity index is 1.79. The average Bonchev–Trinajstić information content (AvgIpc) is 3.14. The SMILES string of the molecule is O=C1CCC2=C1C(c1ccccc1Cl)C1=C(N2)c2ccccc2C1=O. The summed E-state index contributed by atoms with van der Waals surface area (Å²) in [7, 11) is 0. The maximum Gasteiger partial charge on any atom is 0.192 e. The predicted octanol–water partition coefficient (Wildman–Crippen LogP) is 4.25. The van der Waals surface area contributed by atoms with E-state index in [1.54, 1.807) is 0 Å². The Labute approximate surface area is 150 Å². The van der Waals surface area contributed by atoms with Crippen molar-refractivity contribution in [1.82, 2.24) is 5.32 Å². The first kappa shape index (κ1) is 14.7. The Morgan fingerprint density at radius 2 is 1.60 bits per heavy atom. The van der Waals surface area contributed by atoms with E-state index >= 15 is 0 Å². The van der Waals surface area contributed by atoms with Crippen LogP contribution in [0.4, 0.5) is 0 Å². The fourth-order valence-corrected chi connectivity index (χ4v) is 4.41. The summed E-state index contributed by atoms with van der Waals surface area (Å²) in [5, 5.41) is 3.97. The highest BCUT2D eigenvalue weighted by Crippen LogP contribution is 2.50. The van der Waals surface area contributed by atoms with Crippen LogP contribution < -0.4 is 5.32 Å². The van der Waals surface area contributed by atoms with Gasteiger partial charge in [-0.1, -0.05) is 54.1 Å². The number of benzene rings is 2. The van der Waals surface area contributed by atoms with Crippen LogP contribution in [0.1, 0.15) is 40.2 Å². The first-order valence-corrected chi connectivity index (χ1v) is 8.70. The Morgan fingerprint density at radius 3 is 2.40 bits per heavy atom. The number of halogens is 1. The van der Waals surface area contributed by atoms with Crippen LogP contribution in [0.25, 0.3) is 5.70 Å². The van der Waals surface area contributed by atoms with Crippen molar-refractivity contribution in [2.24, 2.45) is 0 Å². The number of carbonyl (C=O) groups excluding carboxylic acids is 2. The Bertz CT molecular complexity index is 1030. The molecular weight excluding hydrogens is 334 g/mol. The molecule has 122 valence electrons.